The maximum absolute atomic E-state index is 9.43. The first kappa shape index (κ1) is 11.5. The largest absolute Gasteiger partial charge is 0.396 e. The molecule has 0 spiro atoms. The van der Waals surface area contributed by atoms with Crippen molar-refractivity contribution in [2.75, 3.05) is 13.2 Å². The molecule has 0 aromatic carbocycles. The summed E-state index contributed by atoms with van der Waals surface area (Å²) in [5.41, 5.74) is 0.0821. The summed E-state index contributed by atoms with van der Waals surface area (Å²) >= 11 is 0. The number of hydrogen-bond donors (Lipinski definition) is 2. The lowest BCUT2D eigenvalue weighted by Gasteiger charge is -2.26. The zero-order valence-electron chi connectivity index (χ0n) is 9.70. The number of rotatable bonds is 5. The molecule has 2 N–H and O–H groups in total. The molecule has 0 aliphatic heterocycles. The van der Waals surface area contributed by atoms with Crippen LogP contribution in [0, 0.1) is 12.3 Å². The molecule has 5 nitrogen and oxygen atoms in total. The van der Waals surface area contributed by atoms with Crippen LogP contribution in [0.1, 0.15) is 37.4 Å². The van der Waals surface area contributed by atoms with E-state index in [1.165, 1.54) is 12.8 Å². The summed E-state index contributed by atoms with van der Waals surface area (Å²) in [5, 5.41) is 16.5. The van der Waals surface area contributed by atoms with E-state index < -0.39 is 0 Å². The average Bonchev–Trinajstić information content (AvgIpc) is 2.89. The van der Waals surface area contributed by atoms with Crippen LogP contribution in [-0.2, 0) is 6.54 Å². The Hall–Kier alpha value is -0.940. The van der Waals surface area contributed by atoms with Gasteiger partial charge in [-0.3, -0.25) is 0 Å². The minimum absolute atomic E-state index is 0.0821. The van der Waals surface area contributed by atoms with Gasteiger partial charge < -0.3 is 14.9 Å². The van der Waals surface area contributed by atoms with E-state index in [0.29, 0.717) is 18.3 Å². The predicted molar refractivity (Wildman–Crippen MR) is 58.7 cm³/mol. The molecule has 1 fully saturated rings. The van der Waals surface area contributed by atoms with Gasteiger partial charge in [-0.05, 0) is 12.8 Å². The molecule has 0 unspecified atom stereocenters. The number of aryl methyl sites for hydroxylation is 1. The van der Waals surface area contributed by atoms with Crippen molar-refractivity contribution in [2.45, 2.75) is 39.2 Å². The summed E-state index contributed by atoms with van der Waals surface area (Å²) in [4.78, 5) is 4.12. The van der Waals surface area contributed by atoms with Crippen molar-refractivity contribution in [3.05, 3.63) is 11.7 Å². The smallest absolute Gasteiger partial charge is 0.223 e. The van der Waals surface area contributed by atoms with Crippen LogP contribution in [0.2, 0.25) is 0 Å². The third-order valence-corrected chi connectivity index (χ3v) is 3.35. The fraction of sp³-hybridized carbons (Fsp3) is 0.818. The van der Waals surface area contributed by atoms with E-state index in [1.54, 1.807) is 6.92 Å². The number of aromatic nitrogens is 2. The number of hydrogen-bond acceptors (Lipinski definition) is 5. The first-order valence-corrected chi connectivity index (χ1v) is 5.85. The van der Waals surface area contributed by atoms with Crippen molar-refractivity contribution in [1.82, 2.24) is 15.5 Å². The summed E-state index contributed by atoms with van der Waals surface area (Å²) in [6, 6.07) is 0. The molecule has 1 aromatic heterocycles. The van der Waals surface area contributed by atoms with Crippen LogP contribution in [0.15, 0.2) is 4.52 Å². The van der Waals surface area contributed by atoms with Gasteiger partial charge in [0.15, 0.2) is 5.82 Å². The molecule has 16 heavy (non-hydrogen) atoms. The molecule has 1 heterocycles. The van der Waals surface area contributed by atoms with Crippen molar-refractivity contribution < 1.29 is 9.63 Å². The highest BCUT2D eigenvalue weighted by atomic mass is 16.5. The van der Waals surface area contributed by atoms with Crippen molar-refractivity contribution in [1.29, 1.82) is 0 Å². The number of aliphatic hydroxyl groups is 1. The fourth-order valence-corrected chi connectivity index (χ4v) is 2.37. The molecule has 1 aromatic rings. The van der Waals surface area contributed by atoms with E-state index in [-0.39, 0.29) is 12.0 Å². The minimum atomic E-state index is 0.0821. The Kier molecular flexibility index (Phi) is 3.56. The Morgan fingerprint density at radius 2 is 2.19 bits per heavy atom. The molecule has 1 aliphatic carbocycles. The molecule has 0 amide bonds. The lowest BCUT2D eigenvalue weighted by molar-refractivity contribution is 0.128. The van der Waals surface area contributed by atoms with Gasteiger partial charge in [-0.25, -0.2) is 0 Å². The van der Waals surface area contributed by atoms with E-state index in [9.17, 15) is 5.11 Å². The lowest BCUT2D eigenvalue weighted by atomic mass is 9.87. The first-order chi connectivity index (χ1) is 7.74. The number of nitrogens with one attached hydrogen (secondary N) is 1. The topological polar surface area (TPSA) is 71.2 Å². The molecule has 1 aliphatic rings. The van der Waals surface area contributed by atoms with Gasteiger partial charge in [-0.1, -0.05) is 18.0 Å². The summed E-state index contributed by atoms with van der Waals surface area (Å²) < 4.78 is 4.89. The summed E-state index contributed by atoms with van der Waals surface area (Å²) in [6.07, 6.45) is 4.68. The molecule has 2 rings (SSSR count). The van der Waals surface area contributed by atoms with Crippen molar-refractivity contribution in [3.63, 3.8) is 0 Å². The molecule has 0 atom stereocenters. The van der Waals surface area contributed by atoms with E-state index in [2.05, 4.69) is 15.5 Å². The second-order valence-corrected chi connectivity index (χ2v) is 4.70. The maximum atomic E-state index is 9.43. The Morgan fingerprint density at radius 1 is 1.44 bits per heavy atom. The Bertz CT molecular complexity index is 332. The van der Waals surface area contributed by atoms with Crippen LogP contribution in [0.25, 0.3) is 0 Å². The SMILES string of the molecule is Cc1nc(CNCC2(CO)CCCC2)no1. The highest BCUT2D eigenvalue weighted by molar-refractivity contribution is 4.88. The summed E-state index contributed by atoms with van der Waals surface area (Å²) in [6.45, 7) is 3.49. The molecule has 0 bridgehead atoms. The maximum Gasteiger partial charge on any atom is 0.223 e. The van der Waals surface area contributed by atoms with Crippen LogP contribution in [-0.4, -0.2) is 28.4 Å². The van der Waals surface area contributed by atoms with Crippen LogP contribution >= 0.6 is 0 Å². The molecule has 5 heteroatoms. The van der Waals surface area contributed by atoms with Gasteiger partial charge in [0.05, 0.1) is 6.54 Å². The summed E-state index contributed by atoms with van der Waals surface area (Å²) in [5.74, 6) is 1.28. The molecular formula is C11H19N3O2. The van der Waals surface area contributed by atoms with Gasteiger partial charge in [0.1, 0.15) is 0 Å². The number of nitrogens with zero attached hydrogens (tertiary/aromatic N) is 2. The minimum Gasteiger partial charge on any atom is -0.396 e. The molecule has 0 radical (unpaired) electrons. The van der Waals surface area contributed by atoms with E-state index in [4.69, 9.17) is 4.52 Å². The second kappa shape index (κ2) is 4.93. The quantitative estimate of drug-likeness (QED) is 0.783. The van der Waals surface area contributed by atoms with E-state index in [0.717, 1.165) is 19.4 Å². The Labute approximate surface area is 95.2 Å². The van der Waals surface area contributed by atoms with Crippen LogP contribution < -0.4 is 5.32 Å². The van der Waals surface area contributed by atoms with E-state index >= 15 is 0 Å². The van der Waals surface area contributed by atoms with Gasteiger partial charge in [-0.2, -0.15) is 4.98 Å². The molecule has 0 saturated heterocycles. The van der Waals surface area contributed by atoms with Crippen molar-refractivity contribution >= 4 is 0 Å². The summed E-state index contributed by atoms with van der Waals surface area (Å²) in [7, 11) is 0. The van der Waals surface area contributed by atoms with Gasteiger partial charge in [0, 0.05) is 25.5 Å². The monoisotopic (exact) mass is 225 g/mol. The third-order valence-electron chi connectivity index (χ3n) is 3.35. The van der Waals surface area contributed by atoms with E-state index in [1.807, 2.05) is 0 Å². The van der Waals surface area contributed by atoms with Crippen LogP contribution in [0.5, 0.6) is 0 Å². The second-order valence-electron chi connectivity index (χ2n) is 4.70. The normalized spacial score (nSPS) is 19.1. The van der Waals surface area contributed by atoms with Gasteiger partial charge in [0.25, 0.3) is 0 Å². The Balaban J connectivity index is 1.78. The zero-order chi connectivity index (χ0) is 11.4. The molecular weight excluding hydrogens is 206 g/mol. The lowest BCUT2D eigenvalue weighted by Crippen LogP contribution is -2.35. The third kappa shape index (κ3) is 2.59. The standard InChI is InChI=1S/C11H19N3O2/c1-9-13-10(14-16-9)6-12-7-11(8-15)4-2-3-5-11/h12,15H,2-8H2,1H3. The fourth-order valence-electron chi connectivity index (χ4n) is 2.37. The highest BCUT2D eigenvalue weighted by Gasteiger charge is 2.32. The van der Waals surface area contributed by atoms with Crippen LogP contribution in [0.3, 0.4) is 0 Å². The highest BCUT2D eigenvalue weighted by Crippen LogP contribution is 2.36. The van der Waals surface area contributed by atoms with Crippen LogP contribution in [0.4, 0.5) is 0 Å². The average molecular weight is 225 g/mol. The van der Waals surface area contributed by atoms with Crippen molar-refractivity contribution in [3.8, 4) is 0 Å². The van der Waals surface area contributed by atoms with Gasteiger partial charge in [0.2, 0.25) is 5.89 Å². The molecule has 90 valence electrons. The zero-order valence-corrected chi connectivity index (χ0v) is 9.70. The predicted octanol–water partition coefficient (Wildman–Crippen LogP) is 1.02. The molecule has 1 saturated carbocycles. The van der Waals surface area contributed by atoms with Crippen molar-refractivity contribution in [2.24, 2.45) is 5.41 Å². The first-order valence-electron chi connectivity index (χ1n) is 5.85. The number of aliphatic hydroxyl groups excluding tert-OH is 1. The van der Waals surface area contributed by atoms with Gasteiger partial charge >= 0.3 is 0 Å². The Morgan fingerprint density at radius 3 is 2.75 bits per heavy atom. The van der Waals surface area contributed by atoms with Gasteiger partial charge in [-0.15, -0.1) is 0 Å².